The number of carbonyl (C=O) groups is 3. The van der Waals surface area contributed by atoms with Gasteiger partial charge in [-0.15, -0.1) is 0 Å². The summed E-state index contributed by atoms with van der Waals surface area (Å²) in [7, 11) is 0. The number of carbonyl (C=O) groups excluding carboxylic acids is 3. The Morgan fingerprint density at radius 3 is 2.77 bits per heavy atom. The van der Waals surface area contributed by atoms with Crippen molar-refractivity contribution in [1.82, 2.24) is 5.32 Å². The Bertz CT molecular complexity index is 1020. The van der Waals surface area contributed by atoms with Crippen LogP contribution in [-0.4, -0.2) is 30.9 Å². The highest BCUT2D eigenvalue weighted by molar-refractivity contribution is 6.00. The van der Waals surface area contributed by atoms with Crippen molar-refractivity contribution in [3.8, 4) is 0 Å². The summed E-state index contributed by atoms with van der Waals surface area (Å²) in [6.07, 6.45) is 3.01. The van der Waals surface area contributed by atoms with E-state index in [1.54, 1.807) is 4.90 Å². The van der Waals surface area contributed by atoms with Gasteiger partial charge in [-0.25, -0.2) is 0 Å². The van der Waals surface area contributed by atoms with Crippen molar-refractivity contribution < 1.29 is 19.1 Å². The Morgan fingerprint density at radius 1 is 1.13 bits per heavy atom. The minimum absolute atomic E-state index is 0.0519. The Balaban J connectivity index is 1.32. The van der Waals surface area contributed by atoms with Gasteiger partial charge in [0.15, 0.2) is 6.61 Å². The lowest BCUT2D eigenvalue weighted by Crippen LogP contribution is -2.35. The van der Waals surface area contributed by atoms with E-state index in [1.165, 1.54) is 5.56 Å². The third-order valence-electron chi connectivity index (χ3n) is 6.38. The fraction of sp³-hybridized carbons (Fsp3) is 0.400. The largest absolute Gasteiger partial charge is 0.455 e. The minimum Gasteiger partial charge on any atom is -0.455 e. The van der Waals surface area contributed by atoms with E-state index in [0.717, 1.165) is 41.6 Å². The maximum absolute atomic E-state index is 12.5. The normalized spacial score (nSPS) is 20.3. The van der Waals surface area contributed by atoms with Crippen LogP contribution >= 0.6 is 0 Å². The summed E-state index contributed by atoms with van der Waals surface area (Å²) >= 11 is 0. The first-order valence-electron chi connectivity index (χ1n) is 10.8. The van der Waals surface area contributed by atoms with Crippen molar-refractivity contribution in [2.24, 2.45) is 5.92 Å². The molecule has 0 unspecified atom stereocenters. The number of nitrogens with one attached hydrogen (secondary N) is 1. The molecule has 4 rings (SSSR count). The number of nitrogens with zero attached hydrogens (tertiary/aromatic N) is 1. The van der Waals surface area contributed by atoms with Gasteiger partial charge in [-0.05, 0) is 61.4 Å². The van der Waals surface area contributed by atoms with Gasteiger partial charge >= 0.3 is 5.97 Å². The smallest absolute Gasteiger partial charge is 0.311 e. The Hall–Kier alpha value is -3.15. The number of hydrogen-bond acceptors (Lipinski definition) is 4. The predicted octanol–water partition coefficient (Wildman–Crippen LogP) is 3.39. The molecule has 0 spiro atoms. The molecule has 6 nitrogen and oxygen atoms in total. The van der Waals surface area contributed by atoms with E-state index < -0.39 is 11.9 Å². The van der Waals surface area contributed by atoms with Gasteiger partial charge in [0.2, 0.25) is 5.91 Å². The fourth-order valence-electron chi connectivity index (χ4n) is 4.52. The average molecular weight is 421 g/mol. The van der Waals surface area contributed by atoms with Crippen LogP contribution in [0.2, 0.25) is 0 Å². The van der Waals surface area contributed by atoms with Crippen LogP contribution in [0.25, 0.3) is 0 Å². The number of fused-ring (bicyclic) bond motifs is 1. The average Bonchev–Trinajstić information content (AvgIpc) is 3.16. The Kier molecular flexibility index (Phi) is 6.07. The van der Waals surface area contributed by atoms with Gasteiger partial charge in [-0.1, -0.05) is 36.4 Å². The van der Waals surface area contributed by atoms with Crippen LogP contribution in [0, 0.1) is 19.8 Å². The molecular formula is C25H28N2O4. The predicted molar refractivity (Wildman–Crippen MR) is 118 cm³/mol. The Morgan fingerprint density at radius 2 is 1.94 bits per heavy atom. The van der Waals surface area contributed by atoms with Crippen molar-refractivity contribution in [2.45, 2.75) is 45.6 Å². The maximum Gasteiger partial charge on any atom is 0.311 e. The molecule has 2 atom stereocenters. The highest BCUT2D eigenvalue weighted by Gasteiger charge is 2.37. The zero-order valence-corrected chi connectivity index (χ0v) is 18.0. The summed E-state index contributed by atoms with van der Waals surface area (Å²) in [5.41, 5.74) is 5.34. The lowest BCUT2D eigenvalue weighted by atomic mass is 9.88. The zero-order chi connectivity index (χ0) is 22.0. The van der Waals surface area contributed by atoms with Crippen molar-refractivity contribution in [2.75, 3.05) is 18.1 Å². The van der Waals surface area contributed by atoms with Gasteiger partial charge in [0.1, 0.15) is 0 Å². The molecule has 1 heterocycles. The summed E-state index contributed by atoms with van der Waals surface area (Å²) in [5.74, 6) is -1.47. The molecule has 0 saturated carbocycles. The monoisotopic (exact) mass is 420 g/mol. The van der Waals surface area contributed by atoms with E-state index in [9.17, 15) is 14.4 Å². The van der Waals surface area contributed by atoms with Crippen LogP contribution < -0.4 is 10.2 Å². The number of ether oxygens (including phenoxy) is 1. The first-order valence-corrected chi connectivity index (χ1v) is 10.8. The highest BCUT2D eigenvalue weighted by Crippen LogP contribution is 2.31. The molecule has 0 aromatic heterocycles. The standard InChI is InChI=1S/C25H28N2O4/c1-16-7-5-12-22(17(16)2)27-14-19(13-24(27)29)25(30)31-15-23(28)26-21-11-6-9-18-8-3-4-10-20(18)21/h3-5,7-8,10,12,19,21H,6,9,11,13-15H2,1-2H3,(H,26,28)/t19-,21-/m1/s1. The summed E-state index contributed by atoms with van der Waals surface area (Å²) in [6.45, 7) is 3.91. The third-order valence-corrected chi connectivity index (χ3v) is 6.38. The topological polar surface area (TPSA) is 75.7 Å². The minimum atomic E-state index is -0.560. The van der Waals surface area contributed by atoms with Crippen LogP contribution in [0.1, 0.15) is 47.6 Å². The first-order chi connectivity index (χ1) is 14.9. The van der Waals surface area contributed by atoms with E-state index in [2.05, 4.69) is 11.4 Å². The van der Waals surface area contributed by atoms with Gasteiger partial charge < -0.3 is 15.0 Å². The van der Waals surface area contributed by atoms with Crippen LogP contribution in [0.5, 0.6) is 0 Å². The highest BCUT2D eigenvalue weighted by atomic mass is 16.5. The number of esters is 1. The van der Waals surface area contributed by atoms with Crippen LogP contribution in [0.4, 0.5) is 5.69 Å². The lowest BCUT2D eigenvalue weighted by molar-refractivity contribution is -0.152. The number of rotatable bonds is 5. The lowest BCUT2D eigenvalue weighted by Gasteiger charge is -2.26. The molecule has 2 aliphatic rings. The van der Waals surface area contributed by atoms with Gasteiger partial charge in [-0.3, -0.25) is 14.4 Å². The molecule has 0 bridgehead atoms. The van der Waals surface area contributed by atoms with Crippen molar-refractivity contribution in [3.63, 3.8) is 0 Å². The molecule has 1 saturated heterocycles. The maximum atomic E-state index is 12.5. The van der Waals surface area contributed by atoms with Crippen LogP contribution in [-0.2, 0) is 25.5 Å². The van der Waals surface area contributed by atoms with Gasteiger partial charge in [0, 0.05) is 18.7 Å². The second kappa shape index (κ2) is 8.92. The van der Waals surface area contributed by atoms with Crippen molar-refractivity contribution in [3.05, 3.63) is 64.7 Å². The van der Waals surface area contributed by atoms with Gasteiger partial charge in [-0.2, -0.15) is 0 Å². The number of amides is 2. The van der Waals surface area contributed by atoms with Gasteiger partial charge in [0.25, 0.3) is 5.91 Å². The Labute approximate surface area is 182 Å². The molecule has 1 aliphatic heterocycles. The summed E-state index contributed by atoms with van der Waals surface area (Å²) < 4.78 is 5.27. The quantitative estimate of drug-likeness (QED) is 0.753. The molecule has 2 amide bonds. The van der Waals surface area contributed by atoms with E-state index >= 15 is 0 Å². The third kappa shape index (κ3) is 4.48. The SMILES string of the molecule is Cc1cccc(N2C[C@H](C(=O)OCC(=O)N[C@@H]3CCCc4ccccc43)CC2=O)c1C. The molecule has 0 radical (unpaired) electrons. The first kappa shape index (κ1) is 21.1. The number of hydrogen-bond donors (Lipinski definition) is 1. The van der Waals surface area contributed by atoms with Crippen molar-refractivity contribution in [1.29, 1.82) is 0 Å². The molecule has 162 valence electrons. The molecule has 1 aliphatic carbocycles. The van der Waals surface area contributed by atoms with E-state index in [1.807, 2.05) is 50.2 Å². The van der Waals surface area contributed by atoms with E-state index in [0.29, 0.717) is 0 Å². The summed E-state index contributed by atoms with van der Waals surface area (Å²) in [6, 6.07) is 13.9. The van der Waals surface area contributed by atoms with E-state index in [4.69, 9.17) is 4.74 Å². The molecule has 2 aromatic rings. The second-order valence-electron chi connectivity index (χ2n) is 8.44. The number of anilines is 1. The number of benzene rings is 2. The molecular weight excluding hydrogens is 392 g/mol. The second-order valence-corrected chi connectivity index (χ2v) is 8.44. The van der Waals surface area contributed by atoms with Crippen LogP contribution in [0.15, 0.2) is 42.5 Å². The molecule has 1 fully saturated rings. The fourth-order valence-corrected chi connectivity index (χ4v) is 4.52. The molecule has 6 heteroatoms. The van der Waals surface area contributed by atoms with Gasteiger partial charge in [0.05, 0.1) is 12.0 Å². The van der Waals surface area contributed by atoms with Crippen molar-refractivity contribution >= 4 is 23.5 Å². The number of aryl methyl sites for hydroxylation is 2. The summed E-state index contributed by atoms with van der Waals surface area (Å²) in [4.78, 5) is 39.1. The molecule has 1 N–H and O–H groups in total. The van der Waals surface area contributed by atoms with Crippen LogP contribution in [0.3, 0.4) is 0 Å². The molecule has 2 aromatic carbocycles. The van der Waals surface area contributed by atoms with E-state index in [-0.39, 0.29) is 37.4 Å². The zero-order valence-electron chi connectivity index (χ0n) is 18.0. The summed E-state index contributed by atoms with van der Waals surface area (Å²) in [5, 5.41) is 2.98. The molecule has 31 heavy (non-hydrogen) atoms.